The van der Waals surface area contributed by atoms with Crippen molar-refractivity contribution >= 4 is 17.6 Å². The number of carboxylic acid groups (broad SMARTS) is 1. The van der Waals surface area contributed by atoms with Gasteiger partial charge in [0.1, 0.15) is 5.69 Å². The average molecular weight is 277 g/mol. The van der Waals surface area contributed by atoms with E-state index in [4.69, 9.17) is 5.11 Å². The molecule has 1 amide bonds. The summed E-state index contributed by atoms with van der Waals surface area (Å²) in [5.74, 6) is -1.50. The summed E-state index contributed by atoms with van der Waals surface area (Å²) >= 11 is 0. The van der Waals surface area contributed by atoms with Crippen molar-refractivity contribution < 1.29 is 14.7 Å². The van der Waals surface area contributed by atoms with Gasteiger partial charge in [0.15, 0.2) is 0 Å². The Labute approximate surface area is 118 Å². The molecule has 0 aliphatic carbocycles. The molecule has 1 N–H and O–H groups in total. The first-order valence-corrected chi connectivity index (χ1v) is 6.64. The van der Waals surface area contributed by atoms with Gasteiger partial charge in [0, 0.05) is 39.1 Å². The molecular weight excluding hydrogens is 258 g/mol. The van der Waals surface area contributed by atoms with Gasteiger partial charge in [0.2, 0.25) is 0 Å². The largest absolute Gasteiger partial charge is 0.481 e. The third-order valence-corrected chi connectivity index (χ3v) is 3.54. The van der Waals surface area contributed by atoms with Crippen LogP contribution in [0.15, 0.2) is 18.3 Å². The van der Waals surface area contributed by atoms with Crippen LogP contribution in [0.2, 0.25) is 0 Å². The van der Waals surface area contributed by atoms with Gasteiger partial charge in [0.25, 0.3) is 5.91 Å². The second kappa shape index (κ2) is 5.90. The summed E-state index contributed by atoms with van der Waals surface area (Å²) in [7, 11) is 3.79. The molecule has 1 saturated heterocycles. The number of hydrogen-bond acceptors (Lipinski definition) is 4. The number of carbonyl (C=O) groups is 2. The van der Waals surface area contributed by atoms with Crippen molar-refractivity contribution in [2.75, 3.05) is 32.1 Å². The fourth-order valence-corrected chi connectivity index (χ4v) is 2.34. The van der Waals surface area contributed by atoms with Crippen LogP contribution in [0.3, 0.4) is 0 Å². The number of carbonyl (C=O) groups excluding carboxylic acids is 1. The number of hydrogen-bond donors (Lipinski definition) is 1. The van der Waals surface area contributed by atoms with Crippen molar-refractivity contribution in [3.63, 3.8) is 0 Å². The van der Waals surface area contributed by atoms with Gasteiger partial charge in [-0.1, -0.05) is 0 Å². The van der Waals surface area contributed by atoms with Gasteiger partial charge in [-0.15, -0.1) is 0 Å². The molecule has 6 heteroatoms. The van der Waals surface area contributed by atoms with E-state index in [0.29, 0.717) is 18.7 Å². The molecule has 108 valence electrons. The van der Waals surface area contributed by atoms with Crippen LogP contribution in [0, 0.1) is 5.92 Å². The Hall–Kier alpha value is -2.11. The molecule has 6 nitrogen and oxygen atoms in total. The highest BCUT2D eigenvalue weighted by Crippen LogP contribution is 2.19. The number of anilines is 1. The third-order valence-electron chi connectivity index (χ3n) is 3.54. The van der Waals surface area contributed by atoms with Crippen molar-refractivity contribution in [1.29, 1.82) is 0 Å². The fraction of sp³-hybridized carbons (Fsp3) is 0.500. The number of aliphatic carboxylic acids is 1. The SMILES string of the molecule is CN(C)c1ccnc(C(=O)N2CCCC(C(=O)O)C2)c1. The van der Waals surface area contributed by atoms with Gasteiger partial charge in [-0.05, 0) is 25.0 Å². The highest BCUT2D eigenvalue weighted by molar-refractivity contribution is 5.93. The van der Waals surface area contributed by atoms with Crippen molar-refractivity contribution in [3.05, 3.63) is 24.0 Å². The second-order valence-electron chi connectivity index (χ2n) is 5.22. The molecule has 20 heavy (non-hydrogen) atoms. The van der Waals surface area contributed by atoms with Crippen molar-refractivity contribution in [2.24, 2.45) is 5.92 Å². The molecule has 0 radical (unpaired) electrons. The zero-order valence-corrected chi connectivity index (χ0v) is 11.7. The van der Waals surface area contributed by atoms with Crippen LogP contribution in [-0.4, -0.2) is 54.1 Å². The monoisotopic (exact) mass is 277 g/mol. The van der Waals surface area contributed by atoms with Gasteiger partial charge < -0.3 is 14.9 Å². The smallest absolute Gasteiger partial charge is 0.308 e. The standard InChI is InChI=1S/C14H19N3O3/c1-16(2)11-5-6-15-12(8-11)13(18)17-7-3-4-10(9-17)14(19)20/h5-6,8,10H,3-4,7,9H2,1-2H3,(H,19,20). The maximum absolute atomic E-state index is 12.4. The lowest BCUT2D eigenvalue weighted by atomic mass is 9.98. The minimum Gasteiger partial charge on any atom is -0.481 e. The zero-order chi connectivity index (χ0) is 14.7. The predicted molar refractivity (Wildman–Crippen MR) is 74.8 cm³/mol. The number of likely N-dealkylation sites (tertiary alicyclic amines) is 1. The van der Waals surface area contributed by atoms with Crippen LogP contribution in [0.25, 0.3) is 0 Å². The van der Waals surface area contributed by atoms with Crippen LogP contribution in [-0.2, 0) is 4.79 Å². The van der Waals surface area contributed by atoms with E-state index in [2.05, 4.69) is 4.98 Å². The number of pyridine rings is 1. The summed E-state index contributed by atoms with van der Waals surface area (Å²) in [6.07, 6.45) is 2.95. The molecule has 1 aromatic heterocycles. The zero-order valence-electron chi connectivity index (χ0n) is 11.7. The Morgan fingerprint density at radius 1 is 1.45 bits per heavy atom. The van der Waals surface area contributed by atoms with E-state index in [1.807, 2.05) is 25.1 Å². The Kier molecular flexibility index (Phi) is 4.22. The number of nitrogens with zero attached hydrogens (tertiary/aromatic N) is 3. The third kappa shape index (κ3) is 3.07. The number of amides is 1. The lowest BCUT2D eigenvalue weighted by Crippen LogP contribution is -2.42. The summed E-state index contributed by atoms with van der Waals surface area (Å²) in [6, 6.07) is 3.56. The Morgan fingerprint density at radius 3 is 2.85 bits per heavy atom. The Balaban J connectivity index is 2.14. The summed E-state index contributed by atoms with van der Waals surface area (Å²) < 4.78 is 0. The van der Waals surface area contributed by atoms with Crippen molar-refractivity contribution in [3.8, 4) is 0 Å². The fourth-order valence-electron chi connectivity index (χ4n) is 2.34. The summed E-state index contributed by atoms with van der Waals surface area (Å²) in [5.41, 5.74) is 1.26. The molecule has 2 heterocycles. The number of carboxylic acids is 1. The molecule has 1 aliphatic rings. The summed E-state index contributed by atoms with van der Waals surface area (Å²) in [5, 5.41) is 9.07. The number of piperidine rings is 1. The molecule has 1 atom stereocenters. The first kappa shape index (κ1) is 14.3. The highest BCUT2D eigenvalue weighted by Gasteiger charge is 2.29. The molecule has 1 unspecified atom stereocenters. The van der Waals surface area contributed by atoms with E-state index in [1.165, 1.54) is 0 Å². The Bertz CT molecular complexity index is 516. The predicted octanol–water partition coefficient (Wildman–Crippen LogP) is 1.08. The minimum absolute atomic E-state index is 0.195. The van der Waals surface area contributed by atoms with E-state index in [1.54, 1.807) is 17.2 Å². The maximum atomic E-state index is 12.4. The lowest BCUT2D eigenvalue weighted by Gasteiger charge is -2.30. The first-order valence-electron chi connectivity index (χ1n) is 6.64. The van der Waals surface area contributed by atoms with Crippen molar-refractivity contribution in [1.82, 2.24) is 9.88 Å². The maximum Gasteiger partial charge on any atom is 0.308 e. The average Bonchev–Trinajstić information content (AvgIpc) is 2.46. The van der Waals surface area contributed by atoms with Gasteiger partial charge >= 0.3 is 5.97 Å². The molecular formula is C14H19N3O3. The van der Waals surface area contributed by atoms with Crippen LogP contribution >= 0.6 is 0 Å². The molecule has 1 aromatic rings. The normalized spacial score (nSPS) is 18.7. The molecule has 1 aliphatic heterocycles. The molecule has 0 spiro atoms. The van der Waals surface area contributed by atoms with Crippen LogP contribution in [0.1, 0.15) is 23.3 Å². The lowest BCUT2D eigenvalue weighted by molar-refractivity contribution is -0.143. The van der Waals surface area contributed by atoms with Crippen LogP contribution < -0.4 is 4.90 Å². The van der Waals surface area contributed by atoms with Gasteiger partial charge in [-0.25, -0.2) is 0 Å². The molecule has 1 fully saturated rings. The van der Waals surface area contributed by atoms with Gasteiger partial charge in [-0.2, -0.15) is 0 Å². The van der Waals surface area contributed by atoms with E-state index < -0.39 is 11.9 Å². The van der Waals surface area contributed by atoms with Crippen LogP contribution in [0.4, 0.5) is 5.69 Å². The second-order valence-corrected chi connectivity index (χ2v) is 5.22. The van der Waals surface area contributed by atoms with E-state index in [9.17, 15) is 9.59 Å². The summed E-state index contributed by atoms with van der Waals surface area (Å²) in [6.45, 7) is 0.860. The quantitative estimate of drug-likeness (QED) is 0.895. The van der Waals surface area contributed by atoms with E-state index in [-0.39, 0.29) is 12.5 Å². The van der Waals surface area contributed by atoms with E-state index >= 15 is 0 Å². The molecule has 0 aromatic carbocycles. The van der Waals surface area contributed by atoms with Crippen molar-refractivity contribution in [2.45, 2.75) is 12.8 Å². The minimum atomic E-state index is -0.836. The van der Waals surface area contributed by atoms with E-state index in [0.717, 1.165) is 12.1 Å². The number of aromatic nitrogens is 1. The Morgan fingerprint density at radius 2 is 2.20 bits per heavy atom. The van der Waals surface area contributed by atoms with Gasteiger partial charge in [-0.3, -0.25) is 14.6 Å². The topological polar surface area (TPSA) is 73.7 Å². The van der Waals surface area contributed by atoms with Crippen LogP contribution in [0.5, 0.6) is 0 Å². The molecule has 2 rings (SSSR count). The summed E-state index contributed by atoms with van der Waals surface area (Å²) in [4.78, 5) is 31.0. The number of rotatable bonds is 3. The first-order chi connectivity index (χ1) is 9.49. The molecule has 0 bridgehead atoms. The highest BCUT2D eigenvalue weighted by atomic mass is 16.4. The molecule has 0 saturated carbocycles. The van der Waals surface area contributed by atoms with Gasteiger partial charge in [0.05, 0.1) is 5.92 Å².